The van der Waals surface area contributed by atoms with Gasteiger partial charge in [0.25, 0.3) is 10.0 Å². The van der Waals surface area contributed by atoms with Crippen LogP contribution in [0, 0.1) is 0 Å². The van der Waals surface area contributed by atoms with Gasteiger partial charge in [-0.2, -0.15) is 0 Å². The third-order valence-corrected chi connectivity index (χ3v) is 8.69. The van der Waals surface area contributed by atoms with Crippen molar-refractivity contribution in [1.29, 1.82) is 0 Å². The first-order valence-corrected chi connectivity index (χ1v) is 14.8. The van der Waals surface area contributed by atoms with Gasteiger partial charge >= 0.3 is 0 Å². The van der Waals surface area contributed by atoms with Crippen molar-refractivity contribution in [3.8, 4) is 0 Å². The number of benzene rings is 3. The molecule has 0 aliphatic heterocycles. The molecule has 3 aromatic rings. The van der Waals surface area contributed by atoms with Crippen molar-refractivity contribution < 1.29 is 18.0 Å². The third-order valence-electron chi connectivity index (χ3n) is 6.38. The zero-order valence-corrected chi connectivity index (χ0v) is 24.3. The van der Waals surface area contributed by atoms with Crippen molar-refractivity contribution in [2.45, 2.75) is 50.6 Å². The largest absolute Gasteiger partial charge is 0.352 e. The second-order valence-electron chi connectivity index (χ2n) is 9.12. The van der Waals surface area contributed by atoms with Crippen LogP contribution in [-0.2, 0) is 26.0 Å². The smallest absolute Gasteiger partial charge is 0.264 e. The van der Waals surface area contributed by atoms with E-state index in [1.54, 1.807) is 49.4 Å². The van der Waals surface area contributed by atoms with Gasteiger partial charge in [-0.05, 0) is 68.7 Å². The van der Waals surface area contributed by atoms with E-state index in [1.165, 1.54) is 17.0 Å². The van der Waals surface area contributed by atoms with Gasteiger partial charge in [0, 0.05) is 17.1 Å². The molecule has 7 nitrogen and oxygen atoms in total. The summed E-state index contributed by atoms with van der Waals surface area (Å²) in [6.07, 6.45) is 1.28. The van der Waals surface area contributed by atoms with E-state index in [2.05, 4.69) is 21.2 Å². The summed E-state index contributed by atoms with van der Waals surface area (Å²) in [5.41, 5.74) is 1.37. The van der Waals surface area contributed by atoms with Gasteiger partial charge < -0.3 is 10.2 Å². The first-order chi connectivity index (χ1) is 18.1. The summed E-state index contributed by atoms with van der Waals surface area (Å²) < 4.78 is 29.3. The number of nitrogens with zero attached hydrogens (tertiary/aromatic N) is 2. The highest BCUT2D eigenvalue weighted by Crippen LogP contribution is 2.26. The van der Waals surface area contributed by atoms with Crippen LogP contribution in [0.1, 0.15) is 32.8 Å². The van der Waals surface area contributed by atoms with E-state index in [1.807, 2.05) is 44.2 Å². The molecule has 9 heteroatoms. The highest BCUT2D eigenvalue weighted by Gasteiger charge is 2.32. The molecule has 3 aromatic carbocycles. The Morgan fingerprint density at radius 3 is 2.05 bits per heavy atom. The maximum atomic E-state index is 13.8. The lowest BCUT2D eigenvalue weighted by molar-refractivity contribution is -0.139. The fourth-order valence-electron chi connectivity index (χ4n) is 3.89. The normalized spacial score (nSPS) is 12.8. The van der Waals surface area contributed by atoms with Crippen LogP contribution in [0.3, 0.4) is 0 Å². The van der Waals surface area contributed by atoms with Gasteiger partial charge in [-0.3, -0.25) is 13.9 Å². The Kier molecular flexibility index (Phi) is 10.5. The summed E-state index contributed by atoms with van der Waals surface area (Å²) in [6.45, 7) is 5.36. The molecule has 0 bridgehead atoms. The van der Waals surface area contributed by atoms with Crippen molar-refractivity contribution in [2.24, 2.45) is 0 Å². The summed E-state index contributed by atoms with van der Waals surface area (Å²) in [7, 11) is -4.06. The van der Waals surface area contributed by atoms with Crippen molar-refractivity contribution in [1.82, 2.24) is 10.2 Å². The number of halogens is 1. The minimum Gasteiger partial charge on any atom is -0.352 e. The molecule has 0 fully saturated rings. The minimum absolute atomic E-state index is 0.0475. The van der Waals surface area contributed by atoms with Gasteiger partial charge in [0.05, 0.1) is 10.6 Å². The van der Waals surface area contributed by atoms with Crippen LogP contribution in [0.5, 0.6) is 0 Å². The van der Waals surface area contributed by atoms with E-state index in [-0.39, 0.29) is 23.4 Å². The molecule has 0 saturated carbocycles. The Morgan fingerprint density at radius 1 is 0.895 bits per heavy atom. The zero-order valence-electron chi connectivity index (χ0n) is 21.9. The van der Waals surface area contributed by atoms with Crippen LogP contribution in [0.4, 0.5) is 5.69 Å². The number of hydrogen-bond acceptors (Lipinski definition) is 4. The van der Waals surface area contributed by atoms with Crippen LogP contribution in [0.25, 0.3) is 0 Å². The highest BCUT2D eigenvalue weighted by molar-refractivity contribution is 9.10. The fraction of sp³-hybridized carbons (Fsp3) is 0.310. The van der Waals surface area contributed by atoms with Crippen LogP contribution < -0.4 is 9.62 Å². The quantitative estimate of drug-likeness (QED) is 0.317. The van der Waals surface area contributed by atoms with Gasteiger partial charge in [-0.1, -0.05) is 71.4 Å². The molecule has 2 atom stereocenters. The number of amides is 2. The molecule has 1 N–H and O–H groups in total. The molecule has 0 heterocycles. The molecule has 0 aromatic heterocycles. The molecule has 202 valence electrons. The lowest BCUT2D eigenvalue weighted by atomic mass is 10.1. The van der Waals surface area contributed by atoms with Gasteiger partial charge in [-0.15, -0.1) is 0 Å². The Hall–Kier alpha value is -3.17. The second-order valence-corrected chi connectivity index (χ2v) is 11.9. The van der Waals surface area contributed by atoms with Gasteiger partial charge in [0.1, 0.15) is 12.6 Å². The van der Waals surface area contributed by atoms with E-state index in [0.717, 1.165) is 20.8 Å². The monoisotopic (exact) mass is 599 g/mol. The van der Waals surface area contributed by atoms with E-state index in [0.29, 0.717) is 12.1 Å². The molecule has 38 heavy (non-hydrogen) atoms. The van der Waals surface area contributed by atoms with Crippen LogP contribution >= 0.6 is 15.9 Å². The third kappa shape index (κ3) is 7.68. The van der Waals surface area contributed by atoms with Crippen LogP contribution in [0.2, 0.25) is 0 Å². The number of hydrogen-bond donors (Lipinski definition) is 1. The predicted octanol–water partition coefficient (Wildman–Crippen LogP) is 5.02. The predicted molar refractivity (Wildman–Crippen MR) is 154 cm³/mol. The van der Waals surface area contributed by atoms with Crippen molar-refractivity contribution >= 4 is 43.5 Å². The first kappa shape index (κ1) is 29.4. The van der Waals surface area contributed by atoms with E-state index in [9.17, 15) is 18.0 Å². The van der Waals surface area contributed by atoms with Gasteiger partial charge in [0.15, 0.2) is 0 Å². The number of rotatable bonds is 12. The average Bonchev–Trinajstić information content (AvgIpc) is 2.93. The molecule has 3 rings (SSSR count). The average molecular weight is 601 g/mol. The Morgan fingerprint density at radius 2 is 1.47 bits per heavy atom. The minimum atomic E-state index is -4.06. The summed E-state index contributed by atoms with van der Waals surface area (Å²) >= 11 is 3.38. The van der Waals surface area contributed by atoms with E-state index < -0.39 is 28.5 Å². The SMILES string of the molecule is CC[C@@H](C)NC(=O)[C@H](C)N(CCc1ccccc1)C(=O)CN(c1ccc(Br)cc1)S(=O)(=O)c1ccccc1. The van der Waals surface area contributed by atoms with E-state index >= 15 is 0 Å². The lowest BCUT2D eigenvalue weighted by Crippen LogP contribution is -2.53. The number of sulfonamides is 1. The number of anilines is 1. The molecular weight excluding hydrogens is 566 g/mol. The summed E-state index contributed by atoms with van der Waals surface area (Å²) in [5.74, 6) is -0.739. The Labute approximate surface area is 234 Å². The highest BCUT2D eigenvalue weighted by atomic mass is 79.9. The maximum Gasteiger partial charge on any atom is 0.264 e. The molecule has 0 aliphatic rings. The topological polar surface area (TPSA) is 86.8 Å². The molecular formula is C29H34BrN3O4S. The molecule has 0 saturated heterocycles. The van der Waals surface area contributed by atoms with Crippen molar-refractivity contribution in [3.63, 3.8) is 0 Å². The zero-order chi connectivity index (χ0) is 27.7. The molecule has 0 radical (unpaired) electrons. The summed E-state index contributed by atoms with van der Waals surface area (Å²) in [4.78, 5) is 28.4. The number of carbonyl (C=O) groups is 2. The van der Waals surface area contributed by atoms with Crippen molar-refractivity contribution in [2.75, 3.05) is 17.4 Å². The molecule has 0 aliphatic carbocycles. The number of carbonyl (C=O) groups excluding carboxylic acids is 2. The fourth-order valence-corrected chi connectivity index (χ4v) is 5.59. The van der Waals surface area contributed by atoms with E-state index in [4.69, 9.17) is 0 Å². The lowest BCUT2D eigenvalue weighted by Gasteiger charge is -2.32. The van der Waals surface area contributed by atoms with Crippen LogP contribution in [-0.4, -0.2) is 50.3 Å². The molecule has 2 amide bonds. The maximum absolute atomic E-state index is 13.8. The van der Waals surface area contributed by atoms with Crippen molar-refractivity contribution in [3.05, 3.63) is 95.0 Å². The second kappa shape index (κ2) is 13.6. The standard InChI is InChI=1S/C29H34BrN3O4S/c1-4-22(2)31-29(35)23(3)32(20-19-24-11-7-5-8-12-24)28(34)21-33(26-17-15-25(30)16-18-26)38(36,37)27-13-9-6-10-14-27/h5-18,22-23H,4,19-21H2,1-3H3,(H,31,35)/t22-,23+/m1/s1. The Balaban J connectivity index is 1.95. The summed E-state index contributed by atoms with van der Waals surface area (Å²) in [6, 6.07) is 23.6. The summed E-state index contributed by atoms with van der Waals surface area (Å²) in [5, 5.41) is 2.94. The van der Waals surface area contributed by atoms with Gasteiger partial charge in [0.2, 0.25) is 11.8 Å². The molecule has 0 spiro atoms. The molecule has 0 unspecified atom stereocenters. The van der Waals surface area contributed by atoms with Crippen LogP contribution in [0.15, 0.2) is 94.3 Å². The Bertz CT molecular complexity index is 1300. The first-order valence-electron chi connectivity index (χ1n) is 12.6. The van der Waals surface area contributed by atoms with Gasteiger partial charge in [-0.25, -0.2) is 8.42 Å². The number of nitrogens with one attached hydrogen (secondary N) is 1.